The van der Waals surface area contributed by atoms with E-state index in [1.165, 1.54) is 12.8 Å². The number of piperidine rings is 1. The molecule has 2 aromatic heterocycles. The van der Waals surface area contributed by atoms with Gasteiger partial charge in [0.25, 0.3) is 0 Å². The topological polar surface area (TPSA) is 41.9 Å². The number of hydrogen-bond donors (Lipinski definition) is 0. The van der Waals surface area contributed by atoms with Crippen molar-refractivity contribution in [2.75, 3.05) is 18.0 Å². The number of anilines is 1. The van der Waals surface area contributed by atoms with E-state index in [2.05, 4.69) is 35.0 Å². The molecule has 1 aliphatic rings. The standard InChI is InChI=1S/C19H20N4/c1-14-6-5-11-23(13-14)19-16-8-2-3-9-17(16)21-18(22-19)15-7-4-10-20-12-15/h2-4,7-10,12,14H,5-6,11,13H2,1H3. The number of aromatic nitrogens is 3. The first-order valence-electron chi connectivity index (χ1n) is 8.23. The Morgan fingerprint density at radius 2 is 2.00 bits per heavy atom. The van der Waals surface area contributed by atoms with E-state index in [1.807, 2.05) is 24.4 Å². The maximum atomic E-state index is 4.90. The summed E-state index contributed by atoms with van der Waals surface area (Å²) in [5.41, 5.74) is 1.96. The van der Waals surface area contributed by atoms with Crippen molar-refractivity contribution in [3.8, 4) is 11.4 Å². The second kappa shape index (κ2) is 5.95. The summed E-state index contributed by atoms with van der Waals surface area (Å²) in [6.45, 7) is 4.45. The van der Waals surface area contributed by atoms with Gasteiger partial charge in [-0.25, -0.2) is 9.97 Å². The van der Waals surface area contributed by atoms with E-state index < -0.39 is 0 Å². The minimum atomic E-state index is 0.708. The molecule has 3 heterocycles. The molecule has 4 nitrogen and oxygen atoms in total. The number of hydrogen-bond acceptors (Lipinski definition) is 4. The van der Waals surface area contributed by atoms with Gasteiger partial charge in [0.05, 0.1) is 5.52 Å². The van der Waals surface area contributed by atoms with Crippen molar-refractivity contribution in [2.45, 2.75) is 19.8 Å². The van der Waals surface area contributed by atoms with Crippen LogP contribution in [0.15, 0.2) is 48.8 Å². The van der Waals surface area contributed by atoms with Crippen LogP contribution in [0.2, 0.25) is 0 Å². The molecule has 1 unspecified atom stereocenters. The first-order valence-corrected chi connectivity index (χ1v) is 8.23. The summed E-state index contributed by atoms with van der Waals surface area (Å²) in [4.78, 5) is 16.3. The van der Waals surface area contributed by atoms with Crippen molar-refractivity contribution in [3.63, 3.8) is 0 Å². The van der Waals surface area contributed by atoms with Gasteiger partial charge in [-0.2, -0.15) is 0 Å². The summed E-state index contributed by atoms with van der Waals surface area (Å²) < 4.78 is 0. The Balaban J connectivity index is 1.87. The molecule has 1 aromatic carbocycles. The molecule has 0 aliphatic carbocycles. The quantitative estimate of drug-likeness (QED) is 0.719. The lowest BCUT2D eigenvalue weighted by Gasteiger charge is -2.32. The third kappa shape index (κ3) is 2.77. The van der Waals surface area contributed by atoms with Crippen molar-refractivity contribution < 1.29 is 0 Å². The fraction of sp³-hybridized carbons (Fsp3) is 0.316. The van der Waals surface area contributed by atoms with Crippen LogP contribution in [0.3, 0.4) is 0 Å². The highest BCUT2D eigenvalue weighted by Crippen LogP contribution is 2.30. The molecule has 1 saturated heterocycles. The molecule has 1 fully saturated rings. The minimum absolute atomic E-state index is 0.708. The lowest BCUT2D eigenvalue weighted by Crippen LogP contribution is -2.35. The van der Waals surface area contributed by atoms with Gasteiger partial charge in [0.15, 0.2) is 5.82 Å². The van der Waals surface area contributed by atoms with Gasteiger partial charge in [-0.05, 0) is 43.0 Å². The molecular weight excluding hydrogens is 284 g/mol. The lowest BCUT2D eigenvalue weighted by atomic mass is 10.00. The first kappa shape index (κ1) is 14.1. The van der Waals surface area contributed by atoms with Gasteiger partial charge in [0, 0.05) is 36.4 Å². The van der Waals surface area contributed by atoms with E-state index in [4.69, 9.17) is 9.97 Å². The number of fused-ring (bicyclic) bond motifs is 1. The zero-order chi connectivity index (χ0) is 15.6. The van der Waals surface area contributed by atoms with Gasteiger partial charge < -0.3 is 4.90 Å². The fourth-order valence-corrected chi connectivity index (χ4v) is 3.31. The van der Waals surface area contributed by atoms with Crippen molar-refractivity contribution in [1.82, 2.24) is 15.0 Å². The first-order chi connectivity index (χ1) is 11.3. The highest BCUT2D eigenvalue weighted by Gasteiger charge is 2.20. The van der Waals surface area contributed by atoms with Gasteiger partial charge in [0.1, 0.15) is 5.82 Å². The van der Waals surface area contributed by atoms with Crippen LogP contribution >= 0.6 is 0 Å². The molecule has 116 valence electrons. The largest absolute Gasteiger partial charge is 0.356 e. The smallest absolute Gasteiger partial charge is 0.163 e. The van der Waals surface area contributed by atoms with Crippen LogP contribution in [0.5, 0.6) is 0 Å². The summed E-state index contributed by atoms with van der Waals surface area (Å²) in [7, 11) is 0. The summed E-state index contributed by atoms with van der Waals surface area (Å²) in [6, 6.07) is 12.2. The number of pyridine rings is 1. The number of benzene rings is 1. The van der Waals surface area contributed by atoms with Crippen LogP contribution in [-0.4, -0.2) is 28.0 Å². The highest BCUT2D eigenvalue weighted by atomic mass is 15.2. The number of nitrogens with zero attached hydrogens (tertiary/aromatic N) is 4. The molecular formula is C19H20N4. The van der Waals surface area contributed by atoms with Gasteiger partial charge >= 0.3 is 0 Å². The molecule has 0 amide bonds. The molecule has 4 heteroatoms. The van der Waals surface area contributed by atoms with E-state index in [-0.39, 0.29) is 0 Å². The molecule has 0 radical (unpaired) electrons. The van der Waals surface area contributed by atoms with Gasteiger partial charge in [-0.1, -0.05) is 19.1 Å². The van der Waals surface area contributed by atoms with E-state index >= 15 is 0 Å². The van der Waals surface area contributed by atoms with Crippen LogP contribution in [0.1, 0.15) is 19.8 Å². The molecule has 0 bridgehead atoms. The van der Waals surface area contributed by atoms with Gasteiger partial charge in [0.2, 0.25) is 0 Å². The van der Waals surface area contributed by atoms with Gasteiger partial charge in [-0.15, -0.1) is 0 Å². The second-order valence-corrected chi connectivity index (χ2v) is 6.32. The van der Waals surface area contributed by atoms with E-state index in [9.17, 15) is 0 Å². The Kier molecular flexibility index (Phi) is 3.66. The van der Waals surface area contributed by atoms with Crippen molar-refractivity contribution >= 4 is 16.7 Å². The maximum Gasteiger partial charge on any atom is 0.163 e. The predicted octanol–water partition coefficient (Wildman–Crippen LogP) is 3.93. The number of para-hydroxylation sites is 1. The maximum absolute atomic E-state index is 4.90. The second-order valence-electron chi connectivity index (χ2n) is 6.32. The van der Waals surface area contributed by atoms with Gasteiger partial charge in [-0.3, -0.25) is 4.98 Å². The Labute approximate surface area is 136 Å². The summed E-state index contributed by atoms with van der Waals surface area (Å²) in [6.07, 6.45) is 6.13. The average molecular weight is 304 g/mol. The normalized spacial score (nSPS) is 18.3. The molecule has 0 N–H and O–H groups in total. The summed E-state index contributed by atoms with van der Waals surface area (Å²) >= 11 is 0. The van der Waals surface area contributed by atoms with Crippen molar-refractivity contribution in [1.29, 1.82) is 0 Å². The van der Waals surface area contributed by atoms with Crippen molar-refractivity contribution in [2.24, 2.45) is 5.92 Å². The highest BCUT2D eigenvalue weighted by molar-refractivity contribution is 5.91. The third-order valence-electron chi connectivity index (χ3n) is 4.46. The van der Waals surface area contributed by atoms with E-state index in [0.29, 0.717) is 5.92 Å². The Bertz CT molecular complexity index is 816. The molecule has 0 saturated carbocycles. The molecule has 3 aromatic rings. The Hall–Kier alpha value is -2.49. The van der Waals surface area contributed by atoms with E-state index in [0.717, 1.165) is 41.2 Å². The lowest BCUT2D eigenvalue weighted by molar-refractivity contribution is 0.445. The third-order valence-corrected chi connectivity index (χ3v) is 4.46. The molecule has 4 rings (SSSR count). The van der Waals surface area contributed by atoms with E-state index in [1.54, 1.807) is 6.20 Å². The predicted molar refractivity (Wildman–Crippen MR) is 93.4 cm³/mol. The average Bonchev–Trinajstić information content (AvgIpc) is 2.61. The molecule has 1 atom stereocenters. The number of rotatable bonds is 2. The van der Waals surface area contributed by atoms with Crippen LogP contribution in [0.4, 0.5) is 5.82 Å². The minimum Gasteiger partial charge on any atom is -0.356 e. The van der Waals surface area contributed by atoms with Crippen LogP contribution in [0, 0.1) is 5.92 Å². The Morgan fingerprint density at radius 1 is 1.09 bits per heavy atom. The van der Waals surface area contributed by atoms with Crippen molar-refractivity contribution in [3.05, 3.63) is 48.8 Å². The van der Waals surface area contributed by atoms with Crippen LogP contribution in [0.25, 0.3) is 22.3 Å². The zero-order valence-corrected chi connectivity index (χ0v) is 13.3. The molecule has 23 heavy (non-hydrogen) atoms. The Morgan fingerprint density at radius 3 is 2.83 bits per heavy atom. The SMILES string of the molecule is CC1CCCN(c2nc(-c3cccnc3)nc3ccccc23)C1. The molecule has 1 aliphatic heterocycles. The fourth-order valence-electron chi connectivity index (χ4n) is 3.31. The monoisotopic (exact) mass is 304 g/mol. The molecule has 0 spiro atoms. The zero-order valence-electron chi connectivity index (χ0n) is 13.3. The van der Waals surface area contributed by atoms with Crippen LogP contribution in [-0.2, 0) is 0 Å². The van der Waals surface area contributed by atoms with Crippen LogP contribution < -0.4 is 4.90 Å². The summed E-state index contributed by atoms with van der Waals surface area (Å²) in [5, 5.41) is 1.13. The summed E-state index contributed by atoms with van der Waals surface area (Å²) in [5.74, 6) is 2.52.